The second-order valence-electron chi connectivity index (χ2n) is 7.18. The number of aliphatic hydroxyl groups excluding tert-OH is 1. The third kappa shape index (κ3) is 3.29. The van der Waals surface area contributed by atoms with Crippen molar-refractivity contribution in [2.75, 3.05) is 20.2 Å². The molecular weight excluding hydrogens is 330 g/mol. The van der Waals surface area contributed by atoms with E-state index >= 15 is 0 Å². The highest BCUT2D eigenvalue weighted by molar-refractivity contribution is 5.91. The van der Waals surface area contributed by atoms with Gasteiger partial charge in [0.2, 0.25) is 0 Å². The first kappa shape index (κ1) is 18.7. The van der Waals surface area contributed by atoms with Crippen LogP contribution in [0.15, 0.2) is 36.4 Å². The molecule has 2 N–H and O–H groups in total. The zero-order chi connectivity index (χ0) is 18.7. The Hall–Kier alpha value is -2.11. The molecule has 1 saturated heterocycles. The van der Waals surface area contributed by atoms with Gasteiger partial charge in [0.15, 0.2) is 0 Å². The molecule has 0 radical (unpaired) electrons. The number of carboxylic acids is 1. The maximum Gasteiger partial charge on any atom is 0.312 e. The number of aliphatic carboxylic acids is 1. The predicted octanol–water partition coefficient (Wildman–Crippen LogP) is 3.29. The van der Waals surface area contributed by atoms with E-state index in [1.807, 2.05) is 31.2 Å². The smallest absolute Gasteiger partial charge is 0.312 e. The van der Waals surface area contributed by atoms with Gasteiger partial charge in [-0.3, -0.25) is 9.69 Å². The van der Waals surface area contributed by atoms with Gasteiger partial charge >= 0.3 is 5.97 Å². The van der Waals surface area contributed by atoms with E-state index in [0.29, 0.717) is 32.5 Å². The van der Waals surface area contributed by atoms with E-state index in [1.165, 1.54) is 0 Å². The fourth-order valence-corrected chi connectivity index (χ4v) is 4.16. The Morgan fingerprint density at radius 3 is 2.62 bits per heavy atom. The van der Waals surface area contributed by atoms with Crippen molar-refractivity contribution in [2.45, 2.75) is 38.8 Å². The van der Waals surface area contributed by atoms with Gasteiger partial charge in [-0.2, -0.15) is 0 Å². The minimum Gasteiger partial charge on any atom is -0.496 e. The third-order valence-electron chi connectivity index (χ3n) is 5.65. The van der Waals surface area contributed by atoms with Crippen LogP contribution in [0.5, 0.6) is 5.75 Å². The van der Waals surface area contributed by atoms with Crippen LogP contribution in [-0.4, -0.2) is 47.4 Å². The van der Waals surface area contributed by atoms with Crippen LogP contribution >= 0.6 is 0 Å². The minimum absolute atomic E-state index is 0.382. The average molecular weight is 357 g/mol. The molecule has 1 aliphatic heterocycles. The summed E-state index contributed by atoms with van der Waals surface area (Å²) in [4.78, 5) is 13.9. The number of carboxylic acid groups (broad SMARTS) is 1. The van der Waals surface area contributed by atoms with Gasteiger partial charge < -0.3 is 14.9 Å². The second-order valence-corrected chi connectivity index (χ2v) is 7.18. The number of rotatable bonds is 6. The second kappa shape index (κ2) is 7.64. The molecule has 2 aromatic rings. The van der Waals surface area contributed by atoms with Crippen LogP contribution < -0.4 is 4.74 Å². The lowest BCUT2D eigenvalue weighted by atomic mass is 9.72. The van der Waals surface area contributed by atoms with Crippen molar-refractivity contribution in [2.24, 2.45) is 5.41 Å². The van der Waals surface area contributed by atoms with Crippen molar-refractivity contribution < 1.29 is 19.7 Å². The molecule has 1 fully saturated rings. The van der Waals surface area contributed by atoms with E-state index in [1.54, 1.807) is 7.11 Å². The summed E-state index contributed by atoms with van der Waals surface area (Å²) in [6.07, 6.45) is 0.902. The van der Waals surface area contributed by atoms with Gasteiger partial charge in [-0.05, 0) is 36.4 Å². The molecule has 2 atom stereocenters. The summed E-state index contributed by atoms with van der Waals surface area (Å²) in [6.45, 7) is 3.70. The number of methoxy groups -OCH3 is 1. The molecule has 0 unspecified atom stereocenters. The van der Waals surface area contributed by atoms with Crippen molar-refractivity contribution >= 4 is 16.7 Å². The molecule has 2 aromatic carbocycles. The van der Waals surface area contributed by atoms with Crippen LogP contribution in [0, 0.1) is 5.41 Å². The standard InChI is InChI=1S/C21H27NO4/c1-3-10-21(20(24)25)11-12-22(14-19(21)23)13-15-8-9-18(26-2)17-7-5-4-6-16(15)17/h4-9,19,23H,3,10-14H2,1-2H3,(H,24,25)/t19-,21-/m0/s1. The Labute approximate surface area is 154 Å². The molecule has 0 aromatic heterocycles. The molecule has 5 nitrogen and oxygen atoms in total. The highest BCUT2D eigenvalue weighted by Gasteiger charge is 2.47. The van der Waals surface area contributed by atoms with Crippen LogP contribution in [0.4, 0.5) is 0 Å². The Bertz CT molecular complexity index is 791. The summed E-state index contributed by atoms with van der Waals surface area (Å²) in [5.41, 5.74) is 0.152. The van der Waals surface area contributed by atoms with Crippen LogP contribution in [0.2, 0.25) is 0 Å². The molecule has 0 bridgehead atoms. The maximum atomic E-state index is 11.8. The van der Waals surface area contributed by atoms with Gasteiger partial charge in [0.05, 0.1) is 18.6 Å². The molecule has 26 heavy (non-hydrogen) atoms. The van der Waals surface area contributed by atoms with Crippen LogP contribution in [0.1, 0.15) is 31.7 Å². The number of hydrogen-bond donors (Lipinski definition) is 2. The van der Waals surface area contributed by atoms with Gasteiger partial charge in [0, 0.05) is 18.5 Å². The number of fused-ring (bicyclic) bond motifs is 1. The fourth-order valence-electron chi connectivity index (χ4n) is 4.16. The first-order chi connectivity index (χ1) is 12.5. The molecule has 0 aliphatic carbocycles. The monoisotopic (exact) mass is 357 g/mol. The Morgan fingerprint density at radius 2 is 2.00 bits per heavy atom. The normalized spacial score (nSPS) is 23.9. The number of ether oxygens (including phenoxy) is 1. The molecule has 0 spiro atoms. The highest BCUT2D eigenvalue weighted by atomic mass is 16.5. The Morgan fingerprint density at radius 1 is 1.27 bits per heavy atom. The maximum absolute atomic E-state index is 11.8. The number of β-amino-alcohol motifs (C(OH)–C–C–N with tert-alkyl or cyclic N) is 1. The highest BCUT2D eigenvalue weighted by Crippen LogP contribution is 2.38. The topological polar surface area (TPSA) is 70.0 Å². The van der Waals surface area contributed by atoms with E-state index in [9.17, 15) is 15.0 Å². The molecule has 3 rings (SSSR count). The summed E-state index contributed by atoms with van der Waals surface area (Å²) in [7, 11) is 1.67. The molecule has 1 heterocycles. The largest absolute Gasteiger partial charge is 0.496 e. The van der Waals surface area contributed by atoms with Crippen molar-refractivity contribution in [3.8, 4) is 5.75 Å². The molecule has 0 saturated carbocycles. The first-order valence-corrected chi connectivity index (χ1v) is 9.20. The van der Waals surface area contributed by atoms with E-state index in [0.717, 1.165) is 28.5 Å². The quantitative estimate of drug-likeness (QED) is 0.830. The molecule has 140 valence electrons. The minimum atomic E-state index is -1.01. The van der Waals surface area contributed by atoms with E-state index in [4.69, 9.17) is 4.74 Å². The molecule has 1 aliphatic rings. The van der Waals surface area contributed by atoms with Crippen molar-refractivity contribution in [1.82, 2.24) is 4.90 Å². The number of likely N-dealkylation sites (tertiary alicyclic amines) is 1. The van der Waals surface area contributed by atoms with Crippen molar-refractivity contribution in [3.05, 3.63) is 42.0 Å². The molecule has 0 amide bonds. The summed E-state index contributed by atoms with van der Waals surface area (Å²) in [5, 5.41) is 22.5. The van der Waals surface area contributed by atoms with Crippen LogP contribution in [0.25, 0.3) is 10.8 Å². The first-order valence-electron chi connectivity index (χ1n) is 9.20. The van der Waals surface area contributed by atoms with E-state index in [2.05, 4.69) is 17.0 Å². The average Bonchev–Trinajstić information content (AvgIpc) is 2.64. The van der Waals surface area contributed by atoms with Gasteiger partial charge in [-0.25, -0.2) is 0 Å². The summed E-state index contributed by atoms with van der Waals surface area (Å²) in [5.74, 6) is -0.0303. The number of benzene rings is 2. The van der Waals surface area contributed by atoms with Crippen LogP contribution in [0.3, 0.4) is 0 Å². The van der Waals surface area contributed by atoms with E-state index < -0.39 is 17.5 Å². The summed E-state index contributed by atoms with van der Waals surface area (Å²) < 4.78 is 5.45. The van der Waals surface area contributed by atoms with Crippen molar-refractivity contribution in [1.29, 1.82) is 0 Å². The van der Waals surface area contributed by atoms with Gasteiger partial charge in [-0.1, -0.05) is 43.7 Å². The van der Waals surface area contributed by atoms with Gasteiger partial charge in [-0.15, -0.1) is 0 Å². The zero-order valence-electron chi connectivity index (χ0n) is 15.4. The summed E-state index contributed by atoms with van der Waals surface area (Å²) in [6, 6.07) is 12.1. The lowest BCUT2D eigenvalue weighted by molar-refractivity contribution is -0.164. The van der Waals surface area contributed by atoms with Crippen molar-refractivity contribution in [3.63, 3.8) is 0 Å². The number of piperidine rings is 1. The fraction of sp³-hybridized carbons (Fsp3) is 0.476. The lowest BCUT2D eigenvalue weighted by Gasteiger charge is -2.42. The SMILES string of the molecule is CCC[C@]1(C(=O)O)CCN(Cc2ccc(OC)c3ccccc23)C[C@@H]1O. The third-order valence-corrected chi connectivity index (χ3v) is 5.65. The van der Waals surface area contributed by atoms with Crippen LogP contribution in [-0.2, 0) is 11.3 Å². The Kier molecular flexibility index (Phi) is 5.49. The number of aliphatic hydroxyl groups is 1. The summed E-state index contributed by atoms with van der Waals surface area (Å²) >= 11 is 0. The van der Waals surface area contributed by atoms with Gasteiger partial charge in [0.25, 0.3) is 0 Å². The number of hydrogen-bond acceptors (Lipinski definition) is 4. The number of carbonyl (C=O) groups is 1. The van der Waals surface area contributed by atoms with E-state index in [-0.39, 0.29) is 0 Å². The predicted molar refractivity (Wildman–Crippen MR) is 101 cm³/mol. The zero-order valence-corrected chi connectivity index (χ0v) is 15.4. The lowest BCUT2D eigenvalue weighted by Crippen LogP contribution is -2.54. The molecule has 5 heteroatoms. The number of nitrogens with zero attached hydrogens (tertiary/aromatic N) is 1. The van der Waals surface area contributed by atoms with Gasteiger partial charge in [0.1, 0.15) is 5.75 Å². The Balaban J connectivity index is 1.82. The molecular formula is C21H27NO4.